The van der Waals surface area contributed by atoms with E-state index in [0.29, 0.717) is 18.1 Å². The van der Waals surface area contributed by atoms with Crippen LogP contribution in [0.25, 0.3) is 0 Å². The van der Waals surface area contributed by atoms with E-state index in [4.69, 9.17) is 6.42 Å². The molecule has 3 unspecified atom stereocenters. The van der Waals surface area contributed by atoms with Gasteiger partial charge in [-0.1, -0.05) is 26.2 Å². The minimum Gasteiger partial charge on any atom is -0.311 e. The third kappa shape index (κ3) is 3.22. The van der Waals surface area contributed by atoms with Gasteiger partial charge >= 0.3 is 0 Å². The van der Waals surface area contributed by atoms with Gasteiger partial charge in [-0.05, 0) is 19.8 Å². The molecule has 0 radical (unpaired) electrons. The van der Waals surface area contributed by atoms with Gasteiger partial charge in [0.15, 0.2) is 0 Å². The Morgan fingerprint density at radius 1 is 1.53 bits per heavy atom. The molecular weight excluding hydrogens is 184 g/mol. The molecule has 0 aliphatic carbocycles. The lowest BCUT2D eigenvalue weighted by Gasteiger charge is -2.42. The van der Waals surface area contributed by atoms with Crippen LogP contribution in [0.3, 0.4) is 0 Å². The highest BCUT2D eigenvalue weighted by Crippen LogP contribution is 2.16. The van der Waals surface area contributed by atoms with E-state index < -0.39 is 0 Å². The van der Waals surface area contributed by atoms with Gasteiger partial charge in [-0.25, -0.2) is 0 Å². The van der Waals surface area contributed by atoms with E-state index in [0.717, 1.165) is 19.5 Å². The maximum absolute atomic E-state index is 5.64. The Morgan fingerprint density at radius 3 is 2.80 bits per heavy atom. The highest BCUT2D eigenvalue weighted by atomic mass is 15.2. The first-order chi connectivity index (χ1) is 7.22. The van der Waals surface area contributed by atoms with Crippen molar-refractivity contribution in [3.05, 3.63) is 0 Å². The molecule has 1 rings (SSSR count). The Labute approximate surface area is 94.4 Å². The Balaban J connectivity index is 2.64. The zero-order valence-corrected chi connectivity index (χ0v) is 10.3. The van der Waals surface area contributed by atoms with Crippen molar-refractivity contribution in [2.24, 2.45) is 0 Å². The third-order valence-corrected chi connectivity index (χ3v) is 3.28. The number of hydrogen-bond acceptors (Lipinski definition) is 2. The average molecular weight is 208 g/mol. The summed E-state index contributed by atoms with van der Waals surface area (Å²) in [5.74, 6) is 2.96. The predicted molar refractivity (Wildman–Crippen MR) is 65.8 cm³/mol. The fourth-order valence-corrected chi connectivity index (χ4v) is 2.36. The summed E-state index contributed by atoms with van der Waals surface area (Å²) in [4.78, 5) is 2.52. The van der Waals surface area contributed by atoms with Gasteiger partial charge in [-0.3, -0.25) is 4.90 Å². The SMILES string of the molecule is C#CC(CCC)N1CC(C)NCC1CC. The van der Waals surface area contributed by atoms with Crippen molar-refractivity contribution in [3.63, 3.8) is 0 Å². The summed E-state index contributed by atoms with van der Waals surface area (Å²) in [5, 5.41) is 3.52. The molecule has 3 atom stereocenters. The van der Waals surface area contributed by atoms with Crippen molar-refractivity contribution >= 4 is 0 Å². The standard InChI is InChI=1S/C13H24N2/c1-5-8-12(6-2)15-10-11(4)14-9-13(15)7-3/h2,11-14H,5,7-10H2,1,3-4H3. The van der Waals surface area contributed by atoms with Crippen LogP contribution in [0.2, 0.25) is 0 Å². The summed E-state index contributed by atoms with van der Waals surface area (Å²) < 4.78 is 0. The second-order valence-electron chi connectivity index (χ2n) is 4.54. The van der Waals surface area contributed by atoms with Gasteiger partial charge in [0.1, 0.15) is 0 Å². The quantitative estimate of drug-likeness (QED) is 0.709. The first kappa shape index (κ1) is 12.5. The molecule has 2 heteroatoms. The molecule has 0 aromatic rings. The monoisotopic (exact) mass is 208 g/mol. The van der Waals surface area contributed by atoms with Crippen molar-refractivity contribution in [2.45, 2.75) is 58.2 Å². The molecule has 1 aliphatic rings. The van der Waals surface area contributed by atoms with Crippen LogP contribution in [0.5, 0.6) is 0 Å². The van der Waals surface area contributed by atoms with Crippen LogP contribution in [0, 0.1) is 12.3 Å². The summed E-state index contributed by atoms with van der Waals surface area (Å²) in [6, 6.07) is 1.53. The van der Waals surface area contributed by atoms with Crippen LogP contribution < -0.4 is 5.32 Å². The molecule has 86 valence electrons. The lowest BCUT2D eigenvalue weighted by molar-refractivity contribution is 0.102. The van der Waals surface area contributed by atoms with Crippen molar-refractivity contribution in [2.75, 3.05) is 13.1 Å². The molecule has 1 heterocycles. The van der Waals surface area contributed by atoms with Gasteiger partial charge in [0, 0.05) is 25.2 Å². The smallest absolute Gasteiger partial charge is 0.0715 e. The van der Waals surface area contributed by atoms with E-state index in [2.05, 4.69) is 36.9 Å². The van der Waals surface area contributed by atoms with E-state index in [9.17, 15) is 0 Å². The molecular formula is C13H24N2. The van der Waals surface area contributed by atoms with Crippen LogP contribution in [-0.2, 0) is 0 Å². The molecule has 0 aromatic carbocycles. The molecule has 1 fully saturated rings. The number of piperazine rings is 1. The van der Waals surface area contributed by atoms with Crippen molar-refractivity contribution in [3.8, 4) is 12.3 Å². The molecule has 1 N–H and O–H groups in total. The second kappa shape index (κ2) is 6.15. The Kier molecular flexibility index (Phi) is 5.14. The fourth-order valence-electron chi connectivity index (χ4n) is 2.36. The summed E-state index contributed by atoms with van der Waals surface area (Å²) in [7, 11) is 0. The molecule has 2 nitrogen and oxygen atoms in total. The minimum absolute atomic E-state index is 0.338. The van der Waals surface area contributed by atoms with Crippen LogP contribution in [0.4, 0.5) is 0 Å². The Hall–Kier alpha value is -0.520. The van der Waals surface area contributed by atoms with Gasteiger partial charge in [0.25, 0.3) is 0 Å². The molecule has 0 saturated carbocycles. The van der Waals surface area contributed by atoms with Gasteiger partial charge in [-0.15, -0.1) is 6.42 Å². The van der Waals surface area contributed by atoms with Gasteiger partial charge in [0.05, 0.1) is 6.04 Å². The van der Waals surface area contributed by atoms with E-state index in [-0.39, 0.29) is 0 Å². The molecule has 1 aliphatic heterocycles. The number of nitrogens with zero attached hydrogens (tertiary/aromatic N) is 1. The summed E-state index contributed by atoms with van der Waals surface area (Å²) in [6.07, 6.45) is 9.12. The topological polar surface area (TPSA) is 15.3 Å². The van der Waals surface area contributed by atoms with Crippen LogP contribution in [0.15, 0.2) is 0 Å². The lowest BCUT2D eigenvalue weighted by Crippen LogP contribution is -2.58. The zero-order chi connectivity index (χ0) is 11.3. The number of terminal acetylenes is 1. The van der Waals surface area contributed by atoms with Gasteiger partial charge in [-0.2, -0.15) is 0 Å². The summed E-state index contributed by atoms with van der Waals surface area (Å²) in [6.45, 7) is 8.86. The molecule has 0 spiro atoms. The second-order valence-corrected chi connectivity index (χ2v) is 4.54. The number of hydrogen-bond donors (Lipinski definition) is 1. The van der Waals surface area contributed by atoms with Crippen molar-refractivity contribution < 1.29 is 0 Å². The van der Waals surface area contributed by atoms with Crippen LogP contribution in [0.1, 0.15) is 40.0 Å². The molecule has 1 saturated heterocycles. The van der Waals surface area contributed by atoms with Crippen LogP contribution >= 0.6 is 0 Å². The summed E-state index contributed by atoms with van der Waals surface area (Å²) in [5.41, 5.74) is 0. The highest BCUT2D eigenvalue weighted by molar-refractivity contribution is 5.03. The fraction of sp³-hybridized carbons (Fsp3) is 0.846. The molecule has 0 amide bonds. The predicted octanol–water partition coefficient (Wildman–Crippen LogP) is 1.86. The van der Waals surface area contributed by atoms with Crippen molar-refractivity contribution in [1.29, 1.82) is 0 Å². The number of nitrogens with one attached hydrogen (secondary N) is 1. The van der Waals surface area contributed by atoms with E-state index in [1.165, 1.54) is 12.8 Å². The number of rotatable bonds is 4. The van der Waals surface area contributed by atoms with Crippen molar-refractivity contribution in [1.82, 2.24) is 10.2 Å². The first-order valence-electron chi connectivity index (χ1n) is 6.18. The van der Waals surface area contributed by atoms with Gasteiger partial charge in [0.2, 0.25) is 0 Å². The normalized spacial score (nSPS) is 29.7. The lowest BCUT2D eigenvalue weighted by atomic mass is 10.0. The third-order valence-electron chi connectivity index (χ3n) is 3.28. The maximum Gasteiger partial charge on any atom is 0.0715 e. The highest BCUT2D eigenvalue weighted by Gasteiger charge is 2.28. The maximum atomic E-state index is 5.64. The van der Waals surface area contributed by atoms with Crippen LogP contribution in [-0.4, -0.2) is 36.1 Å². The van der Waals surface area contributed by atoms with Gasteiger partial charge < -0.3 is 5.32 Å². The van der Waals surface area contributed by atoms with E-state index in [1.54, 1.807) is 0 Å². The molecule has 0 bridgehead atoms. The molecule has 15 heavy (non-hydrogen) atoms. The zero-order valence-electron chi connectivity index (χ0n) is 10.3. The Morgan fingerprint density at radius 2 is 2.27 bits per heavy atom. The Bertz CT molecular complexity index is 219. The minimum atomic E-state index is 0.338. The van der Waals surface area contributed by atoms with E-state index >= 15 is 0 Å². The summed E-state index contributed by atoms with van der Waals surface area (Å²) >= 11 is 0. The first-order valence-corrected chi connectivity index (χ1v) is 6.18. The average Bonchev–Trinajstić information content (AvgIpc) is 2.26. The largest absolute Gasteiger partial charge is 0.311 e. The molecule has 0 aromatic heterocycles. The van der Waals surface area contributed by atoms with E-state index in [1.807, 2.05) is 0 Å².